The third kappa shape index (κ3) is 10.8. The number of hydrogen-bond acceptors (Lipinski definition) is 1. The Balaban J connectivity index is -0.000000869. The van der Waals surface area contributed by atoms with Crippen LogP contribution in [0.25, 0.3) is 0 Å². The van der Waals surface area contributed by atoms with Crippen LogP contribution in [0.4, 0.5) is 0 Å². The Morgan fingerprint density at radius 1 is 0.889 bits per heavy atom. The van der Waals surface area contributed by atoms with E-state index in [-0.39, 0.29) is 5.41 Å². The minimum Gasteiger partial charge on any atom is -0.253 e. The molecule has 1 nitrogen and oxygen atoms in total. The molecule has 0 fully saturated rings. The highest BCUT2D eigenvalue weighted by Gasteiger charge is 2.18. The summed E-state index contributed by atoms with van der Waals surface area (Å²) in [6.45, 7) is 32.8. The van der Waals surface area contributed by atoms with E-state index in [4.69, 9.17) is 0 Å². The van der Waals surface area contributed by atoms with Crippen molar-refractivity contribution in [1.29, 1.82) is 0 Å². The average molecular weight is 372 g/mol. The molecular weight excluding hydrogens is 326 g/mol. The van der Waals surface area contributed by atoms with Crippen LogP contribution < -0.4 is 0 Å². The van der Waals surface area contributed by atoms with Crippen LogP contribution in [0.3, 0.4) is 0 Å². The van der Waals surface area contributed by atoms with E-state index in [1.807, 2.05) is 68.4 Å². The van der Waals surface area contributed by atoms with E-state index in [1.54, 1.807) is 0 Å². The minimum absolute atomic E-state index is 0.0882. The maximum Gasteiger partial charge on any atom is 0.0630 e. The van der Waals surface area contributed by atoms with Crippen molar-refractivity contribution < 1.29 is 0 Å². The second-order valence-corrected chi connectivity index (χ2v) is 6.39. The molecule has 1 aromatic carbocycles. The Hall–Kier alpha value is -1.89. The zero-order valence-electron chi connectivity index (χ0n) is 20.2. The molecule has 27 heavy (non-hydrogen) atoms. The lowest BCUT2D eigenvalue weighted by molar-refractivity contribution is 0.589. The fourth-order valence-corrected chi connectivity index (χ4v) is 2.18. The molecule has 0 saturated heterocycles. The summed E-state index contributed by atoms with van der Waals surface area (Å²) in [5.74, 6) is 0. The van der Waals surface area contributed by atoms with Crippen LogP contribution in [0.2, 0.25) is 0 Å². The molecule has 0 amide bonds. The largest absolute Gasteiger partial charge is 0.253 e. The van der Waals surface area contributed by atoms with Gasteiger partial charge in [-0.05, 0) is 48.5 Å². The molecule has 1 heteroatoms. The Morgan fingerprint density at radius 2 is 1.33 bits per heavy atom. The van der Waals surface area contributed by atoms with Gasteiger partial charge in [0.1, 0.15) is 0 Å². The maximum absolute atomic E-state index is 4.67. The van der Waals surface area contributed by atoms with Gasteiger partial charge in [0.2, 0.25) is 0 Å². The van der Waals surface area contributed by atoms with Gasteiger partial charge in [-0.2, -0.15) is 0 Å². The van der Waals surface area contributed by atoms with Gasteiger partial charge < -0.3 is 0 Å². The number of hydrogen-bond donors (Lipinski definition) is 0. The first-order valence-electron chi connectivity index (χ1n) is 10.3. The number of aliphatic imine (C=N–C) groups is 1. The molecule has 0 N–H and O–H groups in total. The molecule has 0 bridgehead atoms. The normalized spacial score (nSPS) is 11.0. The Labute approximate surface area is 171 Å². The smallest absolute Gasteiger partial charge is 0.0630 e. The van der Waals surface area contributed by atoms with E-state index in [1.165, 1.54) is 11.1 Å². The lowest BCUT2D eigenvalue weighted by Crippen LogP contribution is -2.16. The summed E-state index contributed by atoms with van der Waals surface area (Å²) in [4.78, 5) is 4.67. The lowest BCUT2D eigenvalue weighted by Gasteiger charge is -2.23. The fraction of sp³-hybridized carbons (Fsp3) is 0.500. The highest BCUT2D eigenvalue weighted by Crippen LogP contribution is 2.27. The predicted octanol–water partition coefficient (Wildman–Crippen LogP) is 8.91. The van der Waals surface area contributed by atoms with E-state index in [0.717, 1.165) is 22.6 Å². The lowest BCUT2D eigenvalue weighted by atomic mass is 9.82. The summed E-state index contributed by atoms with van der Waals surface area (Å²) in [6, 6.07) is 8.43. The van der Waals surface area contributed by atoms with Crippen LogP contribution >= 0.6 is 0 Å². The molecule has 154 valence electrons. The first-order chi connectivity index (χ1) is 12.7. The van der Waals surface area contributed by atoms with Gasteiger partial charge in [0.15, 0.2) is 0 Å². The van der Waals surface area contributed by atoms with E-state index in [2.05, 4.69) is 63.2 Å². The molecule has 0 aliphatic carbocycles. The third-order valence-corrected chi connectivity index (χ3v) is 3.68. The maximum atomic E-state index is 4.67. The monoisotopic (exact) mass is 371 g/mol. The molecule has 0 saturated carbocycles. The van der Waals surface area contributed by atoms with Crippen molar-refractivity contribution in [2.24, 2.45) is 4.99 Å². The van der Waals surface area contributed by atoms with E-state index in [9.17, 15) is 0 Å². The van der Waals surface area contributed by atoms with Crippen molar-refractivity contribution in [2.75, 3.05) is 0 Å². The van der Waals surface area contributed by atoms with Gasteiger partial charge in [-0.3, -0.25) is 4.99 Å². The molecule has 0 aliphatic heterocycles. The molecule has 0 unspecified atom stereocenters. The summed E-state index contributed by atoms with van der Waals surface area (Å²) in [5.41, 5.74) is 6.28. The highest BCUT2D eigenvalue weighted by atomic mass is 14.8. The van der Waals surface area contributed by atoms with Gasteiger partial charge in [0, 0.05) is 5.71 Å². The van der Waals surface area contributed by atoms with Crippen LogP contribution in [0, 0.1) is 0 Å². The first-order valence-corrected chi connectivity index (χ1v) is 10.3. The minimum atomic E-state index is 0.0882. The van der Waals surface area contributed by atoms with Crippen LogP contribution in [-0.2, 0) is 5.41 Å². The number of benzene rings is 1. The zero-order chi connectivity index (χ0) is 22.2. The molecular formula is C26H45N. The summed E-state index contributed by atoms with van der Waals surface area (Å²) in [7, 11) is 0. The molecule has 1 aromatic rings. The Bertz CT molecular complexity index is 607. The summed E-state index contributed by atoms with van der Waals surface area (Å²) in [5, 5.41) is 0. The van der Waals surface area contributed by atoms with E-state index >= 15 is 0 Å². The molecule has 1 rings (SSSR count). The van der Waals surface area contributed by atoms with Gasteiger partial charge in [-0.25, -0.2) is 0 Å². The van der Waals surface area contributed by atoms with Gasteiger partial charge in [0.05, 0.1) is 5.70 Å². The summed E-state index contributed by atoms with van der Waals surface area (Å²) < 4.78 is 0. The van der Waals surface area contributed by atoms with Crippen LogP contribution in [0.5, 0.6) is 0 Å². The van der Waals surface area contributed by atoms with Gasteiger partial charge in [-0.15, -0.1) is 0 Å². The van der Waals surface area contributed by atoms with Crippen LogP contribution in [0.15, 0.2) is 65.3 Å². The van der Waals surface area contributed by atoms with Crippen molar-refractivity contribution in [1.82, 2.24) is 0 Å². The van der Waals surface area contributed by atoms with E-state index in [0.29, 0.717) is 0 Å². The van der Waals surface area contributed by atoms with Crippen LogP contribution in [0.1, 0.15) is 94.2 Å². The van der Waals surface area contributed by atoms with Gasteiger partial charge in [0.25, 0.3) is 0 Å². The van der Waals surface area contributed by atoms with Crippen molar-refractivity contribution >= 4 is 5.71 Å². The van der Waals surface area contributed by atoms with Gasteiger partial charge >= 0.3 is 0 Å². The summed E-state index contributed by atoms with van der Waals surface area (Å²) in [6.07, 6.45) is 2.03. The standard InChI is InChI=1S/C20H27N.3C2H6/c1-9-14(2)15(3)16(4)21-17(5)18-12-10-11-13-19(18)20(6,7)8;3*1-2/h9-13H,3-4H2,1-2,5-8H3;3*1-2H3/b14-9-,21-17?;;;. The second kappa shape index (κ2) is 16.3. The average Bonchev–Trinajstić information content (AvgIpc) is 2.70. The highest BCUT2D eigenvalue weighted by molar-refractivity contribution is 6.01. The molecule has 0 aliphatic rings. The topological polar surface area (TPSA) is 12.4 Å². The quantitative estimate of drug-likeness (QED) is 0.370. The molecule has 0 radical (unpaired) electrons. The Kier molecular flexibility index (Phi) is 18.0. The van der Waals surface area contributed by atoms with Gasteiger partial charge in [-0.1, -0.05) is 106 Å². The number of nitrogens with zero attached hydrogens (tertiary/aromatic N) is 1. The molecule has 0 spiro atoms. The van der Waals surface area contributed by atoms with Crippen LogP contribution in [-0.4, -0.2) is 5.71 Å². The van der Waals surface area contributed by atoms with Crippen molar-refractivity contribution in [3.63, 3.8) is 0 Å². The van der Waals surface area contributed by atoms with Crippen molar-refractivity contribution in [2.45, 2.75) is 88.5 Å². The fourth-order valence-electron chi connectivity index (χ4n) is 2.18. The third-order valence-electron chi connectivity index (χ3n) is 3.68. The second-order valence-electron chi connectivity index (χ2n) is 6.39. The zero-order valence-corrected chi connectivity index (χ0v) is 20.2. The number of allylic oxidation sites excluding steroid dienone is 2. The van der Waals surface area contributed by atoms with E-state index < -0.39 is 0 Å². The SMILES string of the molecule is C=C(N=C(C)c1ccccc1C(C)(C)C)C(=C)/C(C)=C\C.CC.CC.CC. The Morgan fingerprint density at radius 3 is 1.74 bits per heavy atom. The molecule has 0 heterocycles. The first kappa shape index (κ1) is 29.9. The van der Waals surface area contributed by atoms with Crippen molar-refractivity contribution in [3.05, 3.63) is 71.5 Å². The number of rotatable bonds is 4. The molecule has 0 aromatic heterocycles. The van der Waals surface area contributed by atoms with Crippen molar-refractivity contribution in [3.8, 4) is 0 Å². The predicted molar refractivity (Wildman–Crippen MR) is 129 cm³/mol. The molecule has 0 atom stereocenters. The summed E-state index contributed by atoms with van der Waals surface area (Å²) >= 11 is 0.